The number of rotatable bonds is 6. The van der Waals surface area contributed by atoms with Crippen molar-refractivity contribution in [3.63, 3.8) is 0 Å². The van der Waals surface area contributed by atoms with E-state index < -0.39 is 5.54 Å². The van der Waals surface area contributed by atoms with E-state index in [1.807, 2.05) is 24.0 Å². The minimum atomic E-state index is -0.471. The summed E-state index contributed by atoms with van der Waals surface area (Å²) >= 11 is 0. The summed E-state index contributed by atoms with van der Waals surface area (Å²) in [6.45, 7) is 12.6. The van der Waals surface area contributed by atoms with Crippen LogP contribution in [0.4, 0.5) is 5.82 Å². The smallest absolute Gasteiger partial charge is 0.256 e. The lowest BCUT2D eigenvalue weighted by Crippen LogP contribution is -2.74. The quantitative estimate of drug-likeness (QED) is 0.507. The number of ether oxygens (including phenoxy) is 1. The van der Waals surface area contributed by atoms with Crippen molar-refractivity contribution >= 4 is 11.7 Å². The summed E-state index contributed by atoms with van der Waals surface area (Å²) in [5.74, 6) is 2.91. The van der Waals surface area contributed by atoms with E-state index in [2.05, 4.69) is 40.5 Å². The number of anilines is 1. The molecule has 0 radical (unpaired) electrons. The second-order valence-electron chi connectivity index (χ2n) is 9.60. The van der Waals surface area contributed by atoms with Gasteiger partial charge in [0.1, 0.15) is 23.1 Å². The SMILES string of the molecule is C=CC12CN(c3cc(C)nc(C(C)C)n3)CCC1CN2C(=O)c1ccc(OC)cc1-n1nccn1. The van der Waals surface area contributed by atoms with Crippen molar-refractivity contribution in [2.24, 2.45) is 5.92 Å². The summed E-state index contributed by atoms with van der Waals surface area (Å²) in [6.07, 6.45) is 6.09. The first-order chi connectivity index (χ1) is 16.9. The number of aromatic nitrogens is 5. The lowest BCUT2D eigenvalue weighted by Gasteiger charge is -2.61. The van der Waals surface area contributed by atoms with Crippen molar-refractivity contribution in [2.75, 3.05) is 31.6 Å². The molecule has 0 N–H and O–H groups in total. The molecule has 2 fully saturated rings. The molecular weight excluding hydrogens is 442 g/mol. The van der Waals surface area contributed by atoms with Gasteiger partial charge in [0.2, 0.25) is 0 Å². The van der Waals surface area contributed by atoms with Crippen LogP contribution in [-0.4, -0.2) is 68.1 Å². The van der Waals surface area contributed by atoms with Crippen LogP contribution >= 0.6 is 0 Å². The first-order valence-electron chi connectivity index (χ1n) is 12.0. The van der Waals surface area contributed by atoms with E-state index in [0.29, 0.717) is 36.0 Å². The minimum Gasteiger partial charge on any atom is -0.497 e. The van der Waals surface area contributed by atoms with Crippen LogP contribution in [0.15, 0.2) is 49.3 Å². The number of hydrogen-bond donors (Lipinski definition) is 0. The third kappa shape index (κ3) is 3.84. The monoisotopic (exact) mass is 473 g/mol. The van der Waals surface area contributed by atoms with Crippen LogP contribution in [0.5, 0.6) is 5.75 Å². The van der Waals surface area contributed by atoms with E-state index in [1.54, 1.807) is 37.7 Å². The number of hydrogen-bond acceptors (Lipinski definition) is 7. The summed E-state index contributed by atoms with van der Waals surface area (Å²) < 4.78 is 5.39. The van der Waals surface area contributed by atoms with E-state index in [-0.39, 0.29) is 11.8 Å². The number of fused-ring (bicyclic) bond motifs is 1. The standard InChI is InChI=1S/C26H31N7O2/c1-6-26-16-31(23-13-18(4)29-24(30-23)17(2)3)12-9-19(26)15-32(26)25(34)21-8-7-20(35-5)14-22(21)33-27-10-11-28-33/h6-8,10-11,13-14,17,19H,1,9,12,15-16H2,2-5H3. The molecule has 1 amide bonds. The Kier molecular flexibility index (Phi) is 5.78. The van der Waals surface area contributed by atoms with Gasteiger partial charge in [0.15, 0.2) is 0 Å². The third-order valence-corrected chi connectivity index (χ3v) is 7.17. The van der Waals surface area contributed by atoms with Gasteiger partial charge in [0.05, 0.1) is 30.6 Å². The fourth-order valence-electron chi connectivity index (χ4n) is 5.18. The molecule has 2 aliphatic rings. The number of likely N-dealkylation sites (tertiary alicyclic amines) is 1. The minimum absolute atomic E-state index is 0.0697. The molecule has 2 unspecified atom stereocenters. The van der Waals surface area contributed by atoms with E-state index in [9.17, 15) is 4.79 Å². The zero-order valence-electron chi connectivity index (χ0n) is 20.7. The Morgan fingerprint density at radius 2 is 2.00 bits per heavy atom. The first kappa shape index (κ1) is 23.0. The summed E-state index contributed by atoms with van der Waals surface area (Å²) in [4.78, 5) is 29.0. The Hall–Kier alpha value is -3.75. The molecule has 182 valence electrons. The number of methoxy groups -OCH3 is 1. The van der Waals surface area contributed by atoms with Gasteiger partial charge in [-0.1, -0.05) is 19.9 Å². The van der Waals surface area contributed by atoms with Gasteiger partial charge in [-0.2, -0.15) is 15.0 Å². The molecular formula is C26H31N7O2. The highest BCUT2D eigenvalue weighted by Gasteiger charge is 2.56. The predicted octanol–water partition coefficient (Wildman–Crippen LogP) is 3.40. The van der Waals surface area contributed by atoms with Crippen molar-refractivity contribution in [2.45, 2.75) is 38.6 Å². The summed E-state index contributed by atoms with van der Waals surface area (Å²) in [5.41, 5.74) is 1.59. The zero-order chi connectivity index (χ0) is 24.7. The van der Waals surface area contributed by atoms with Crippen molar-refractivity contribution in [3.05, 3.63) is 66.4 Å². The fraction of sp³-hybridized carbons (Fsp3) is 0.423. The predicted molar refractivity (Wildman–Crippen MR) is 133 cm³/mol. The highest BCUT2D eigenvalue weighted by Crippen LogP contribution is 2.45. The lowest BCUT2D eigenvalue weighted by molar-refractivity contribution is -0.0351. The number of nitrogens with zero attached hydrogens (tertiary/aromatic N) is 7. The largest absolute Gasteiger partial charge is 0.497 e. The Labute approximate surface area is 205 Å². The molecule has 9 nitrogen and oxygen atoms in total. The van der Waals surface area contributed by atoms with Crippen molar-refractivity contribution < 1.29 is 9.53 Å². The molecule has 4 heterocycles. The highest BCUT2D eigenvalue weighted by molar-refractivity contribution is 5.99. The Morgan fingerprint density at radius 3 is 2.69 bits per heavy atom. The van der Waals surface area contributed by atoms with Gasteiger partial charge in [-0.15, -0.1) is 6.58 Å². The second kappa shape index (κ2) is 8.79. The van der Waals surface area contributed by atoms with E-state index >= 15 is 0 Å². The number of carbonyl (C=O) groups is 1. The Bertz CT molecular complexity index is 1260. The Balaban J connectivity index is 1.47. The van der Waals surface area contributed by atoms with E-state index in [1.165, 1.54) is 4.80 Å². The maximum absolute atomic E-state index is 13.9. The van der Waals surface area contributed by atoms with Crippen LogP contribution in [0.3, 0.4) is 0 Å². The summed E-state index contributed by atoms with van der Waals surface area (Å²) in [7, 11) is 1.60. The number of aryl methyl sites for hydroxylation is 1. The molecule has 2 saturated heterocycles. The molecule has 0 saturated carbocycles. The van der Waals surface area contributed by atoms with Crippen molar-refractivity contribution in [1.29, 1.82) is 0 Å². The topological polar surface area (TPSA) is 89.3 Å². The molecule has 35 heavy (non-hydrogen) atoms. The normalized spacial score (nSPS) is 21.5. The molecule has 0 spiro atoms. The lowest BCUT2D eigenvalue weighted by atomic mass is 9.69. The molecule has 3 aromatic rings. The average Bonchev–Trinajstić information content (AvgIpc) is 3.39. The maximum atomic E-state index is 13.9. The van der Waals surface area contributed by atoms with Crippen LogP contribution in [-0.2, 0) is 0 Å². The van der Waals surface area contributed by atoms with Gasteiger partial charge in [0.25, 0.3) is 5.91 Å². The number of benzene rings is 1. The Morgan fingerprint density at radius 1 is 1.23 bits per heavy atom. The molecule has 0 bridgehead atoms. The number of carbonyl (C=O) groups excluding carboxylic acids is 1. The van der Waals surface area contributed by atoms with Gasteiger partial charge in [-0.05, 0) is 25.5 Å². The van der Waals surface area contributed by atoms with Gasteiger partial charge < -0.3 is 14.5 Å². The van der Waals surface area contributed by atoms with E-state index in [4.69, 9.17) is 9.72 Å². The fourth-order valence-corrected chi connectivity index (χ4v) is 5.18. The van der Waals surface area contributed by atoms with Gasteiger partial charge >= 0.3 is 0 Å². The molecule has 5 rings (SSSR count). The van der Waals surface area contributed by atoms with Crippen LogP contribution in [0.25, 0.3) is 5.69 Å². The molecule has 0 aliphatic carbocycles. The van der Waals surface area contributed by atoms with Gasteiger partial charge in [0, 0.05) is 49.3 Å². The maximum Gasteiger partial charge on any atom is 0.256 e. The molecule has 2 atom stereocenters. The van der Waals surface area contributed by atoms with Crippen molar-refractivity contribution in [1.82, 2.24) is 29.9 Å². The third-order valence-electron chi connectivity index (χ3n) is 7.17. The van der Waals surface area contributed by atoms with Crippen LogP contribution < -0.4 is 9.64 Å². The summed E-state index contributed by atoms with van der Waals surface area (Å²) in [6, 6.07) is 7.39. The number of piperidine rings is 1. The average molecular weight is 474 g/mol. The van der Waals surface area contributed by atoms with Gasteiger partial charge in [-0.25, -0.2) is 9.97 Å². The van der Waals surface area contributed by atoms with Crippen LogP contribution in [0.2, 0.25) is 0 Å². The molecule has 9 heteroatoms. The molecule has 2 aromatic heterocycles. The van der Waals surface area contributed by atoms with Crippen LogP contribution in [0, 0.1) is 12.8 Å². The van der Waals surface area contributed by atoms with E-state index in [0.717, 1.165) is 30.3 Å². The second-order valence-corrected chi connectivity index (χ2v) is 9.60. The zero-order valence-corrected chi connectivity index (χ0v) is 20.7. The molecule has 2 aliphatic heterocycles. The summed E-state index contributed by atoms with van der Waals surface area (Å²) in [5, 5.41) is 8.49. The number of amides is 1. The van der Waals surface area contributed by atoms with Crippen LogP contribution in [0.1, 0.15) is 48.1 Å². The highest BCUT2D eigenvalue weighted by atomic mass is 16.5. The van der Waals surface area contributed by atoms with Gasteiger partial charge in [-0.3, -0.25) is 4.79 Å². The first-order valence-corrected chi connectivity index (χ1v) is 12.0. The van der Waals surface area contributed by atoms with Crippen molar-refractivity contribution in [3.8, 4) is 11.4 Å². The molecule has 1 aromatic carbocycles.